The van der Waals surface area contributed by atoms with Gasteiger partial charge in [0.1, 0.15) is 9.77 Å². The van der Waals surface area contributed by atoms with E-state index in [4.69, 9.17) is 17.3 Å². The smallest absolute Gasteiger partial charge is 0.350 e. The van der Waals surface area contributed by atoms with Crippen LogP contribution in [0.15, 0.2) is 34.1 Å². The van der Waals surface area contributed by atoms with Crippen molar-refractivity contribution < 1.29 is 17.9 Å². The first-order valence-corrected chi connectivity index (χ1v) is 8.44. The van der Waals surface area contributed by atoms with Crippen LogP contribution in [-0.4, -0.2) is 21.5 Å². The Morgan fingerprint density at radius 2 is 1.86 bits per heavy atom. The van der Waals surface area contributed by atoms with E-state index in [0.29, 0.717) is 9.90 Å². The van der Waals surface area contributed by atoms with Crippen LogP contribution >= 0.6 is 22.9 Å². The molecule has 0 radical (unpaired) electrons. The molecule has 8 heteroatoms. The van der Waals surface area contributed by atoms with Gasteiger partial charge in [0, 0.05) is 9.90 Å². The van der Waals surface area contributed by atoms with Gasteiger partial charge < -0.3 is 10.5 Å². The number of hydrogen-bond acceptors (Lipinski definition) is 6. The molecule has 2 rings (SSSR count). The molecule has 0 saturated carbocycles. The van der Waals surface area contributed by atoms with Crippen LogP contribution in [-0.2, 0) is 14.6 Å². The summed E-state index contributed by atoms with van der Waals surface area (Å²) in [5, 5.41) is 0.430. The van der Waals surface area contributed by atoms with Crippen LogP contribution in [0.2, 0.25) is 5.02 Å². The molecule has 0 aliphatic heterocycles. The summed E-state index contributed by atoms with van der Waals surface area (Å²) in [5.41, 5.74) is 5.75. The maximum absolute atomic E-state index is 12.6. The van der Waals surface area contributed by atoms with Crippen molar-refractivity contribution in [3.05, 3.63) is 39.0 Å². The maximum atomic E-state index is 12.6. The van der Waals surface area contributed by atoms with Crippen molar-refractivity contribution in [2.24, 2.45) is 0 Å². The number of benzene rings is 1. The molecule has 112 valence electrons. The molecule has 21 heavy (non-hydrogen) atoms. The van der Waals surface area contributed by atoms with Gasteiger partial charge in [-0.25, -0.2) is 13.2 Å². The van der Waals surface area contributed by atoms with E-state index in [9.17, 15) is 13.2 Å². The first-order chi connectivity index (χ1) is 9.78. The van der Waals surface area contributed by atoms with Crippen molar-refractivity contribution in [3.8, 4) is 0 Å². The lowest BCUT2D eigenvalue weighted by molar-refractivity contribution is 0.0607. The third kappa shape index (κ3) is 2.76. The summed E-state index contributed by atoms with van der Waals surface area (Å²) in [6.07, 6.45) is 0. The van der Waals surface area contributed by atoms with Crippen molar-refractivity contribution in [2.45, 2.75) is 16.7 Å². The second-order valence-electron chi connectivity index (χ2n) is 4.18. The van der Waals surface area contributed by atoms with Gasteiger partial charge in [-0.15, -0.1) is 11.3 Å². The first-order valence-electron chi connectivity index (χ1n) is 5.77. The van der Waals surface area contributed by atoms with Gasteiger partial charge in [0.2, 0.25) is 9.84 Å². The highest BCUT2D eigenvalue weighted by Gasteiger charge is 2.29. The molecule has 0 saturated heterocycles. The zero-order chi connectivity index (χ0) is 15.8. The lowest BCUT2D eigenvalue weighted by Crippen LogP contribution is -2.07. The number of ether oxygens (including phenoxy) is 1. The predicted molar refractivity (Wildman–Crippen MR) is 81.7 cm³/mol. The molecule has 0 amide bonds. The Morgan fingerprint density at radius 3 is 2.38 bits per heavy atom. The van der Waals surface area contributed by atoms with Gasteiger partial charge in [0.15, 0.2) is 0 Å². The van der Waals surface area contributed by atoms with Crippen molar-refractivity contribution in [2.75, 3.05) is 12.8 Å². The van der Waals surface area contributed by atoms with Gasteiger partial charge in [0.05, 0.1) is 17.7 Å². The molecule has 2 aromatic rings. The number of nitrogen functional groups attached to an aromatic ring is 1. The van der Waals surface area contributed by atoms with Gasteiger partial charge in [-0.05, 0) is 31.2 Å². The second kappa shape index (κ2) is 5.67. The largest absolute Gasteiger partial charge is 0.465 e. The SMILES string of the molecule is COC(=O)c1sc(C)c(S(=O)(=O)c2ccc(Cl)cc2)c1N. The average Bonchev–Trinajstić information content (AvgIpc) is 2.74. The van der Waals surface area contributed by atoms with Gasteiger partial charge in [0.25, 0.3) is 0 Å². The topological polar surface area (TPSA) is 86.5 Å². The fourth-order valence-electron chi connectivity index (χ4n) is 1.86. The van der Waals surface area contributed by atoms with Gasteiger partial charge in [-0.2, -0.15) is 0 Å². The summed E-state index contributed by atoms with van der Waals surface area (Å²) in [6, 6.07) is 5.75. The molecule has 0 aliphatic rings. The van der Waals surface area contributed by atoms with Crippen molar-refractivity contribution in [3.63, 3.8) is 0 Å². The number of halogens is 1. The molecule has 0 unspecified atom stereocenters. The van der Waals surface area contributed by atoms with Crippen LogP contribution in [0.5, 0.6) is 0 Å². The second-order valence-corrected chi connectivity index (χ2v) is 7.73. The van der Waals surface area contributed by atoms with Crippen LogP contribution < -0.4 is 5.73 Å². The zero-order valence-electron chi connectivity index (χ0n) is 11.2. The molecule has 0 spiro atoms. The number of thiophene rings is 1. The summed E-state index contributed by atoms with van der Waals surface area (Å²) in [5.74, 6) is -0.654. The van der Waals surface area contributed by atoms with E-state index in [1.54, 1.807) is 6.92 Å². The molecule has 1 aromatic carbocycles. The molecule has 1 heterocycles. The van der Waals surface area contributed by atoms with Crippen LogP contribution in [0.4, 0.5) is 5.69 Å². The van der Waals surface area contributed by atoms with Crippen LogP contribution in [0.1, 0.15) is 14.5 Å². The molecular formula is C13H12ClNO4S2. The number of esters is 1. The molecule has 2 N–H and O–H groups in total. The third-order valence-electron chi connectivity index (χ3n) is 2.83. The Kier molecular flexibility index (Phi) is 4.27. The molecule has 0 aliphatic carbocycles. The number of aryl methyl sites for hydroxylation is 1. The highest BCUT2D eigenvalue weighted by molar-refractivity contribution is 7.91. The molecule has 0 fully saturated rings. The summed E-state index contributed by atoms with van der Waals surface area (Å²) < 4.78 is 29.9. The third-order valence-corrected chi connectivity index (χ3v) is 6.27. The standard InChI is InChI=1S/C13H12ClNO4S2/c1-7-12(10(15)11(20-7)13(16)19-2)21(17,18)9-5-3-8(14)4-6-9/h3-6H,15H2,1-2H3. The van der Waals surface area contributed by atoms with E-state index < -0.39 is 15.8 Å². The van der Waals surface area contributed by atoms with Crippen LogP contribution in [0.25, 0.3) is 0 Å². The molecule has 0 bridgehead atoms. The summed E-state index contributed by atoms with van der Waals surface area (Å²) in [6.45, 7) is 1.59. The van der Waals surface area contributed by atoms with Gasteiger partial charge in [-0.1, -0.05) is 11.6 Å². The van der Waals surface area contributed by atoms with Gasteiger partial charge >= 0.3 is 5.97 Å². The number of methoxy groups -OCH3 is 1. The number of anilines is 1. The fourth-order valence-corrected chi connectivity index (χ4v) is 4.89. The molecule has 0 atom stereocenters. The van der Waals surface area contributed by atoms with Crippen molar-refractivity contribution >= 4 is 44.4 Å². The number of rotatable bonds is 3. The number of sulfone groups is 1. The van der Waals surface area contributed by atoms with Crippen LogP contribution in [0.3, 0.4) is 0 Å². The van der Waals surface area contributed by atoms with Crippen molar-refractivity contribution in [1.82, 2.24) is 0 Å². The van der Waals surface area contributed by atoms with E-state index in [1.165, 1.54) is 31.4 Å². The Balaban J connectivity index is 2.63. The summed E-state index contributed by atoms with van der Waals surface area (Å²) in [4.78, 5) is 12.1. The Morgan fingerprint density at radius 1 is 1.29 bits per heavy atom. The van der Waals surface area contributed by atoms with Crippen molar-refractivity contribution in [1.29, 1.82) is 0 Å². The highest BCUT2D eigenvalue weighted by atomic mass is 35.5. The minimum atomic E-state index is -3.82. The Labute approximate surface area is 131 Å². The monoisotopic (exact) mass is 345 g/mol. The van der Waals surface area contributed by atoms with Gasteiger partial charge in [-0.3, -0.25) is 0 Å². The Bertz CT molecular complexity index is 794. The predicted octanol–water partition coefficient (Wildman–Crippen LogP) is 2.91. The van der Waals surface area contributed by atoms with E-state index in [-0.39, 0.29) is 20.4 Å². The molecule has 1 aromatic heterocycles. The summed E-state index contributed by atoms with van der Waals surface area (Å²) in [7, 11) is -2.61. The quantitative estimate of drug-likeness (QED) is 0.864. The molecular weight excluding hydrogens is 334 g/mol. The fraction of sp³-hybridized carbons (Fsp3) is 0.154. The van der Waals surface area contributed by atoms with Crippen LogP contribution in [0, 0.1) is 6.92 Å². The summed E-state index contributed by atoms with van der Waals surface area (Å²) >= 11 is 6.75. The van der Waals surface area contributed by atoms with E-state index in [1.807, 2.05) is 0 Å². The maximum Gasteiger partial charge on any atom is 0.350 e. The number of hydrogen-bond donors (Lipinski definition) is 1. The normalized spacial score (nSPS) is 11.4. The zero-order valence-corrected chi connectivity index (χ0v) is 13.6. The minimum Gasteiger partial charge on any atom is -0.465 e. The number of nitrogens with two attached hydrogens (primary N) is 1. The Hall–Kier alpha value is -1.57. The lowest BCUT2D eigenvalue weighted by atomic mass is 10.3. The van der Waals surface area contributed by atoms with E-state index in [0.717, 1.165) is 11.3 Å². The van der Waals surface area contributed by atoms with E-state index in [2.05, 4.69) is 4.74 Å². The number of carbonyl (C=O) groups excluding carboxylic acids is 1. The highest BCUT2D eigenvalue weighted by Crippen LogP contribution is 2.37. The number of carbonyl (C=O) groups is 1. The first kappa shape index (κ1) is 15.8. The average molecular weight is 346 g/mol. The van der Waals surface area contributed by atoms with E-state index >= 15 is 0 Å². The lowest BCUT2D eigenvalue weighted by Gasteiger charge is -2.06. The molecule has 5 nitrogen and oxygen atoms in total. The minimum absolute atomic E-state index is 0.0600.